The Kier molecular flexibility index (Phi) is 7.42. The van der Waals surface area contributed by atoms with Crippen LogP contribution in [-0.2, 0) is 16.0 Å². The first-order valence-corrected chi connectivity index (χ1v) is 11.4. The number of ether oxygens (including phenoxy) is 3. The van der Waals surface area contributed by atoms with E-state index in [1.54, 1.807) is 12.1 Å². The van der Waals surface area contributed by atoms with Gasteiger partial charge in [0.15, 0.2) is 11.5 Å². The molecule has 0 radical (unpaired) electrons. The van der Waals surface area contributed by atoms with Crippen molar-refractivity contribution in [2.45, 2.75) is 31.3 Å². The van der Waals surface area contributed by atoms with E-state index in [-0.39, 0.29) is 24.1 Å². The fraction of sp³-hybridized carbons (Fsp3) is 0.259. The number of benzene rings is 3. The number of aliphatic carboxylic acids is 2. The monoisotopic (exact) mass is 493 g/mol. The normalized spacial score (nSPS) is 15.2. The summed E-state index contributed by atoms with van der Waals surface area (Å²) in [5, 5.41) is 32.2. The second kappa shape index (κ2) is 10.7. The molecule has 0 bridgehead atoms. The minimum absolute atomic E-state index is 0.0486. The average molecular weight is 494 g/mol. The van der Waals surface area contributed by atoms with Gasteiger partial charge in [0.25, 0.3) is 0 Å². The molecule has 4 N–H and O–H groups in total. The lowest BCUT2D eigenvalue weighted by Crippen LogP contribution is -2.54. The quantitative estimate of drug-likeness (QED) is 0.297. The van der Waals surface area contributed by atoms with Gasteiger partial charge in [0.05, 0.1) is 0 Å². The van der Waals surface area contributed by atoms with E-state index < -0.39 is 23.8 Å². The van der Waals surface area contributed by atoms with Crippen LogP contribution in [0.25, 0.3) is 11.1 Å². The number of hydrogen-bond donors (Lipinski definition) is 4. The predicted octanol–water partition coefficient (Wildman–Crippen LogP) is 2.95. The highest BCUT2D eigenvalue weighted by Crippen LogP contribution is 2.40. The highest BCUT2D eigenvalue weighted by molar-refractivity contribution is 6.01. The molecule has 0 fully saturated rings. The van der Waals surface area contributed by atoms with Gasteiger partial charge in [-0.15, -0.1) is 0 Å². The topological polar surface area (TPSA) is 135 Å². The van der Waals surface area contributed by atoms with Gasteiger partial charge >= 0.3 is 17.7 Å². The molecular weight excluding hydrogens is 466 g/mol. The number of carboxylic acids is 2. The van der Waals surface area contributed by atoms with Gasteiger partial charge in [-0.2, -0.15) is 0 Å². The number of rotatable bonds is 11. The minimum Gasteiger partial charge on any atom is -0.490 e. The highest BCUT2D eigenvalue weighted by Gasteiger charge is 2.57. The largest absolute Gasteiger partial charge is 0.490 e. The second-order valence-corrected chi connectivity index (χ2v) is 8.55. The Labute approximate surface area is 207 Å². The predicted molar refractivity (Wildman–Crippen MR) is 130 cm³/mol. The molecule has 9 heteroatoms. The number of carboxylic acid groups (broad SMARTS) is 2. The van der Waals surface area contributed by atoms with Crippen LogP contribution in [0.1, 0.15) is 12.5 Å². The maximum Gasteiger partial charge on any atom is 0.453 e. The van der Waals surface area contributed by atoms with Crippen LogP contribution in [0.2, 0.25) is 0 Å². The first kappa shape index (κ1) is 25.0. The van der Waals surface area contributed by atoms with Crippen molar-refractivity contribution in [3.63, 3.8) is 0 Å². The highest BCUT2D eigenvalue weighted by atomic mass is 16.8. The standard InChI is InChI=1S/C27H27NO8/c1-17(13-18-11-12-23-24(14-18)36-27(35-23,25(30)31)26(32)33)28-15-20(29)16-34-22-10-6-5-9-21(22)19-7-3-2-4-8-19/h2-12,14,17,20,28-29H,13,15-16H2,1H3,(H,30,31)(H,32,33)/t17-,20+/m1/s1. The van der Waals surface area contributed by atoms with Crippen molar-refractivity contribution in [3.05, 3.63) is 78.4 Å². The lowest BCUT2D eigenvalue weighted by Gasteiger charge is -2.19. The molecule has 0 aliphatic carbocycles. The van der Waals surface area contributed by atoms with Crippen LogP contribution in [0.15, 0.2) is 72.8 Å². The first-order valence-electron chi connectivity index (χ1n) is 11.4. The molecular formula is C27H27NO8. The van der Waals surface area contributed by atoms with Gasteiger partial charge in [-0.05, 0) is 42.7 Å². The fourth-order valence-corrected chi connectivity index (χ4v) is 3.90. The first-order chi connectivity index (χ1) is 17.3. The third-order valence-corrected chi connectivity index (χ3v) is 5.73. The summed E-state index contributed by atoms with van der Waals surface area (Å²) in [6.45, 7) is 2.34. The summed E-state index contributed by atoms with van der Waals surface area (Å²) in [6, 6.07) is 22.2. The summed E-state index contributed by atoms with van der Waals surface area (Å²) in [5.41, 5.74) is 2.76. The SMILES string of the molecule is C[C@H](Cc1ccc2c(c1)OC(C(=O)O)(C(=O)O)O2)NC[C@H](O)COc1ccccc1-c1ccccc1. The number of carbonyl (C=O) groups is 2. The van der Waals surface area contributed by atoms with Gasteiger partial charge in [-0.1, -0.05) is 54.6 Å². The van der Waals surface area contributed by atoms with E-state index in [9.17, 15) is 24.9 Å². The molecule has 0 saturated heterocycles. The van der Waals surface area contributed by atoms with Crippen molar-refractivity contribution in [2.75, 3.05) is 13.2 Å². The maximum atomic E-state index is 11.4. The molecule has 9 nitrogen and oxygen atoms in total. The van der Waals surface area contributed by atoms with E-state index >= 15 is 0 Å². The summed E-state index contributed by atoms with van der Waals surface area (Å²) in [5.74, 6) is -5.48. The van der Waals surface area contributed by atoms with Gasteiger partial charge in [-0.3, -0.25) is 0 Å². The number of fused-ring (bicyclic) bond motifs is 1. The van der Waals surface area contributed by atoms with Crippen molar-refractivity contribution in [1.29, 1.82) is 0 Å². The summed E-state index contributed by atoms with van der Waals surface area (Å²) in [6.07, 6.45) is -0.228. The zero-order valence-corrected chi connectivity index (χ0v) is 19.6. The molecule has 1 heterocycles. The number of para-hydroxylation sites is 1. The maximum absolute atomic E-state index is 11.4. The van der Waals surface area contributed by atoms with Crippen molar-refractivity contribution >= 4 is 11.9 Å². The van der Waals surface area contributed by atoms with E-state index in [1.807, 2.05) is 61.5 Å². The van der Waals surface area contributed by atoms with E-state index in [4.69, 9.17) is 14.2 Å². The Morgan fingerprint density at radius 3 is 2.33 bits per heavy atom. The van der Waals surface area contributed by atoms with Crippen LogP contribution >= 0.6 is 0 Å². The molecule has 0 aromatic heterocycles. The van der Waals surface area contributed by atoms with Gasteiger partial charge in [0, 0.05) is 18.2 Å². The number of nitrogens with one attached hydrogen (secondary N) is 1. The zero-order valence-electron chi connectivity index (χ0n) is 19.6. The summed E-state index contributed by atoms with van der Waals surface area (Å²) >= 11 is 0. The molecule has 0 spiro atoms. The third-order valence-electron chi connectivity index (χ3n) is 5.73. The van der Waals surface area contributed by atoms with Crippen LogP contribution in [-0.4, -0.2) is 58.3 Å². The molecule has 3 aromatic rings. The van der Waals surface area contributed by atoms with Crippen molar-refractivity contribution in [1.82, 2.24) is 5.32 Å². The number of hydrogen-bond acceptors (Lipinski definition) is 7. The van der Waals surface area contributed by atoms with Gasteiger partial charge in [0.1, 0.15) is 18.5 Å². The van der Waals surface area contributed by atoms with Crippen LogP contribution < -0.4 is 19.5 Å². The van der Waals surface area contributed by atoms with Gasteiger partial charge < -0.3 is 34.8 Å². The van der Waals surface area contributed by atoms with E-state index in [0.717, 1.165) is 16.7 Å². The van der Waals surface area contributed by atoms with E-state index in [2.05, 4.69) is 5.32 Å². The van der Waals surface area contributed by atoms with Crippen molar-refractivity contribution in [2.24, 2.45) is 0 Å². The Morgan fingerprint density at radius 1 is 0.944 bits per heavy atom. The van der Waals surface area contributed by atoms with Crippen LogP contribution in [0.4, 0.5) is 0 Å². The van der Waals surface area contributed by atoms with Crippen LogP contribution in [0.3, 0.4) is 0 Å². The lowest BCUT2D eigenvalue weighted by atomic mass is 10.0. The second-order valence-electron chi connectivity index (χ2n) is 8.55. The number of aliphatic hydroxyl groups excluding tert-OH is 1. The van der Waals surface area contributed by atoms with E-state index in [0.29, 0.717) is 18.7 Å². The van der Waals surface area contributed by atoms with Gasteiger partial charge in [0.2, 0.25) is 0 Å². The molecule has 0 amide bonds. The van der Waals surface area contributed by atoms with Crippen LogP contribution in [0.5, 0.6) is 17.2 Å². The molecule has 4 rings (SSSR count). The van der Waals surface area contributed by atoms with Crippen molar-refractivity contribution in [3.8, 4) is 28.4 Å². The van der Waals surface area contributed by atoms with E-state index in [1.165, 1.54) is 6.07 Å². The Balaban J connectivity index is 1.29. The molecule has 1 aliphatic rings. The molecule has 188 valence electrons. The molecule has 0 unspecified atom stereocenters. The molecule has 1 aliphatic heterocycles. The van der Waals surface area contributed by atoms with Gasteiger partial charge in [-0.25, -0.2) is 9.59 Å². The molecule has 3 aromatic carbocycles. The lowest BCUT2D eigenvalue weighted by molar-refractivity contribution is -0.194. The number of aliphatic hydroxyl groups is 1. The van der Waals surface area contributed by atoms with Crippen molar-refractivity contribution < 1.29 is 39.1 Å². The molecule has 0 saturated carbocycles. The zero-order chi connectivity index (χ0) is 25.7. The summed E-state index contributed by atoms with van der Waals surface area (Å²) in [7, 11) is 0. The Bertz CT molecular complexity index is 1220. The Hall–Kier alpha value is -4.08. The minimum atomic E-state index is -2.78. The molecule has 36 heavy (non-hydrogen) atoms. The summed E-state index contributed by atoms with van der Waals surface area (Å²) < 4.78 is 16.1. The molecule has 2 atom stereocenters. The van der Waals surface area contributed by atoms with Crippen LogP contribution in [0, 0.1) is 0 Å². The third kappa shape index (κ3) is 5.42. The Morgan fingerprint density at radius 2 is 1.61 bits per heavy atom. The fourth-order valence-electron chi connectivity index (χ4n) is 3.90. The smallest absolute Gasteiger partial charge is 0.453 e. The average Bonchev–Trinajstić information content (AvgIpc) is 3.28. The summed E-state index contributed by atoms with van der Waals surface area (Å²) in [4.78, 5) is 22.8.